The fraction of sp³-hybridized carbons (Fsp3) is 0.529. The van der Waals surface area contributed by atoms with Gasteiger partial charge in [0, 0.05) is 18.2 Å². The van der Waals surface area contributed by atoms with Crippen molar-refractivity contribution in [3.63, 3.8) is 0 Å². The summed E-state index contributed by atoms with van der Waals surface area (Å²) in [5.41, 5.74) is 1.50. The second-order valence-corrected chi connectivity index (χ2v) is 6.48. The van der Waals surface area contributed by atoms with E-state index in [9.17, 15) is 5.11 Å². The number of alkyl halides is 1. The maximum Gasteiger partial charge on any atom is 0.136 e. The molecular formula is C17H20FN3O. The Kier molecular flexibility index (Phi) is 3.26. The molecule has 0 saturated heterocycles. The summed E-state index contributed by atoms with van der Waals surface area (Å²) in [7, 11) is 0. The lowest BCUT2D eigenvalue weighted by atomic mass is 9.80. The molecule has 2 aliphatic rings. The molecule has 5 heteroatoms. The van der Waals surface area contributed by atoms with Gasteiger partial charge < -0.3 is 9.67 Å². The summed E-state index contributed by atoms with van der Waals surface area (Å²) in [6, 6.07) is 3.78. The van der Waals surface area contributed by atoms with Crippen LogP contribution in [0.25, 0.3) is 11.3 Å². The Morgan fingerprint density at radius 2 is 2.18 bits per heavy atom. The van der Waals surface area contributed by atoms with Gasteiger partial charge in [0.2, 0.25) is 0 Å². The first kappa shape index (κ1) is 13.9. The average Bonchev–Trinajstić information content (AvgIpc) is 3.11. The lowest BCUT2D eigenvalue weighted by Gasteiger charge is -2.35. The van der Waals surface area contributed by atoms with Gasteiger partial charge in [-0.3, -0.25) is 4.98 Å². The molecule has 1 saturated carbocycles. The number of hydrogen-bond donors (Lipinski definition) is 1. The number of halogens is 1. The van der Waals surface area contributed by atoms with Crippen LogP contribution < -0.4 is 0 Å². The predicted octanol–water partition coefficient (Wildman–Crippen LogP) is 3.27. The Balaban J connectivity index is 1.63. The molecule has 1 aliphatic heterocycles. The Morgan fingerprint density at radius 3 is 3.00 bits per heavy atom. The van der Waals surface area contributed by atoms with E-state index in [1.54, 1.807) is 18.7 Å². The molecule has 0 amide bonds. The Bertz CT molecular complexity index is 678. The predicted molar refractivity (Wildman–Crippen MR) is 81.1 cm³/mol. The van der Waals surface area contributed by atoms with Gasteiger partial charge in [-0.25, -0.2) is 9.37 Å². The zero-order valence-electron chi connectivity index (χ0n) is 12.5. The third-order valence-electron chi connectivity index (χ3n) is 5.16. The van der Waals surface area contributed by atoms with E-state index >= 15 is 4.39 Å². The molecule has 0 radical (unpaired) electrons. The number of aromatic nitrogens is 3. The molecule has 2 aromatic heterocycles. The highest BCUT2D eigenvalue weighted by Gasteiger charge is 2.42. The van der Waals surface area contributed by atoms with Crippen molar-refractivity contribution in [1.29, 1.82) is 0 Å². The van der Waals surface area contributed by atoms with Gasteiger partial charge in [-0.05, 0) is 25.0 Å². The van der Waals surface area contributed by atoms with E-state index in [1.807, 2.05) is 16.7 Å². The number of nitrogens with zero attached hydrogens (tertiary/aromatic N) is 3. The lowest BCUT2D eigenvalue weighted by Crippen LogP contribution is -2.41. The molecule has 2 atom stereocenters. The first-order valence-electron chi connectivity index (χ1n) is 8.03. The van der Waals surface area contributed by atoms with Crippen molar-refractivity contribution in [2.24, 2.45) is 0 Å². The van der Waals surface area contributed by atoms with Gasteiger partial charge in [0.25, 0.3) is 0 Å². The second-order valence-electron chi connectivity index (χ2n) is 6.48. The van der Waals surface area contributed by atoms with E-state index in [0.717, 1.165) is 36.2 Å². The van der Waals surface area contributed by atoms with Crippen molar-refractivity contribution in [3.05, 3.63) is 36.5 Å². The summed E-state index contributed by atoms with van der Waals surface area (Å²) in [6.45, 7) is 0. The van der Waals surface area contributed by atoms with Gasteiger partial charge in [-0.2, -0.15) is 0 Å². The Labute approximate surface area is 129 Å². The smallest absolute Gasteiger partial charge is 0.136 e. The van der Waals surface area contributed by atoms with Crippen LogP contribution in [0.3, 0.4) is 0 Å². The molecule has 1 aliphatic carbocycles. The van der Waals surface area contributed by atoms with Crippen LogP contribution in [-0.2, 0) is 0 Å². The molecule has 0 spiro atoms. The molecule has 4 rings (SSSR count). The van der Waals surface area contributed by atoms with Gasteiger partial charge in [0.1, 0.15) is 5.67 Å². The fourth-order valence-electron chi connectivity index (χ4n) is 3.91. The van der Waals surface area contributed by atoms with Gasteiger partial charge in [-0.15, -0.1) is 0 Å². The number of aliphatic hydroxyl groups excluding tert-OH is 1. The minimum absolute atomic E-state index is 0.127. The number of aliphatic hydroxyl groups is 1. The highest BCUT2D eigenvalue weighted by atomic mass is 19.1. The Hall–Kier alpha value is -1.75. The van der Waals surface area contributed by atoms with E-state index in [1.165, 1.54) is 0 Å². The first-order valence-corrected chi connectivity index (χ1v) is 8.03. The van der Waals surface area contributed by atoms with Crippen molar-refractivity contribution in [2.45, 2.75) is 56.3 Å². The number of pyridine rings is 1. The van der Waals surface area contributed by atoms with Crippen LogP contribution in [0.1, 0.15) is 50.3 Å². The molecule has 116 valence electrons. The van der Waals surface area contributed by atoms with Crippen LogP contribution in [0.15, 0.2) is 30.9 Å². The van der Waals surface area contributed by atoms with E-state index in [4.69, 9.17) is 0 Å². The summed E-state index contributed by atoms with van der Waals surface area (Å²) in [5, 5.41) is 10.5. The van der Waals surface area contributed by atoms with Crippen LogP contribution in [0.5, 0.6) is 0 Å². The maximum atomic E-state index is 15.0. The highest BCUT2D eigenvalue weighted by molar-refractivity contribution is 5.66. The van der Waals surface area contributed by atoms with E-state index in [-0.39, 0.29) is 6.04 Å². The van der Waals surface area contributed by atoms with Crippen molar-refractivity contribution >= 4 is 0 Å². The molecule has 0 unspecified atom stereocenters. The zero-order valence-corrected chi connectivity index (χ0v) is 12.5. The summed E-state index contributed by atoms with van der Waals surface area (Å²) in [5.74, 6) is 0. The summed E-state index contributed by atoms with van der Waals surface area (Å²) < 4.78 is 17.0. The molecule has 0 aromatic carbocycles. The van der Waals surface area contributed by atoms with Crippen LogP contribution in [-0.4, -0.2) is 31.4 Å². The number of hydrogen-bond acceptors (Lipinski definition) is 3. The molecule has 1 fully saturated rings. The monoisotopic (exact) mass is 301 g/mol. The molecule has 4 nitrogen and oxygen atoms in total. The second kappa shape index (κ2) is 5.16. The van der Waals surface area contributed by atoms with Crippen LogP contribution in [0, 0.1) is 0 Å². The summed E-state index contributed by atoms with van der Waals surface area (Å²) in [4.78, 5) is 8.66. The largest absolute Gasteiger partial charge is 0.390 e. The third kappa shape index (κ3) is 2.07. The lowest BCUT2D eigenvalue weighted by molar-refractivity contribution is -0.0425. The molecule has 22 heavy (non-hydrogen) atoms. The van der Waals surface area contributed by atoms with Gasteiger partial charge in [-0.1, -0.05) is 19.3 Å². The summed E-state index contributed by atoms with van der Waals surface area (Å²) in [6.07, 6.45) is 8.43. The van der Waals surface area contributed by atoms with Crippen LogP contribution in [0.2, 0.25) is 0 Å². The quantitative estimate of drug-likeness (QED) is 0.946. The first-order chi connectivity index (χ1) is 10.7. The minimum atomic E-state index is -1.45. The van der Waals surface area contributed by atoms with Gasteiger partial charge >= 0.3 is 0 Å². The van der Waals surface area contributed by atoms with E-state index in [0.29, 0.717) is 19.3 Å². The van der Waals surface area contributed by atoms with E-state index in [2.05, 4.69) is 9.97 Å². The topological polar surface area (TPSA) is 50.9 Å². The third-order valence-corrected chi connectivity index (χ3v) is 5.16. The molecule has 3 heterocycles. The number of rotatable bonds is 3. The average molecular weight is 301 g/mol. The molecular weight excluding hydrogens is 281 g/mol. The summed E-state index contributed by atoms with van der Waals surface area (Å²) >= 11 is 0. The van der Waals surface area contributed by atoms with Crippen molar-refractivity contribution in [2.75, 3.05) is 0 Å². The standard InChI is InChI=1S/C17H20FN3O/c18-17(6-2-1-3-7-17)15(22)9-13-16-12(5-4-8-20-16)14-10-19-11-21(13)14/h4-5,8,10-11,13,15,22H,1-3,6-7,9H2/t13-,15+/m1/s1. The maximum absolute atomic E-state index is 15.0. The minimum Gasteiger partial charge on any atom is -0.390 e. The number of fused-ring (bicyclic) bond motifs is 3. The molecule has 0 bridgehead atoms. The van der Waals surface area contributed by atoms with Crippen LogP contribution in [0.4, 0.5) is 4.39 Å². The number of imidazole rings is 1. The molecule has 1 N–H and O–H groups in total. The zero-order chi connectivity index (χ0) is 15.2. The SMILES string of the molecule is O[C@@H](C[C@@H]1c2ncccc2-c2cncn21)C1(F)CCCCC1. The van der Waals surface area contributed by atoms with Gasteiger partial charge in [0.05, 0.1) is 36.1 Å². The van der Waals surface area contributed by atoms with Gasteiger partial charge in [0.15, 0.2) is 0 Å². The van der Waals surface area contributed by atoms with Crippen molar-refractivity contribution < 1.29 is 9.50 Å². The van der Waals surface area contributed by atoms with Crippen LogP contribution >= 0.6 is 0 Å². The fourth-order valence-corrected chi connectivity index (χ4v) is 3.91. The highest BCUT2D eigenvalue weighted by Crippen LogP contribution is 2.43. The normalized spacial score (nSPS) is 23.8. The molecule has 2 aromatic rings. The van der Waals surface area contributed by atoms with E-state index < -0.39 is 11.8 Å². The van der Waals surface area contributed by atoms with Crippen molar-refractivity contribution in [1.82, 2.24) is 14.5 Å². The van der Waals surface area contributed by atoms with Crippen molar-refractivity contribution in [3.8, 4) is 11.3 Å². The Morgan fingerprint density at radius 1 is 1.36 bits per heavy atom.